The molecule has 3 atom stereocenters. The largest absolute Gasteiger partial charge is 0.480 e. The van der Waals surface area contributed by atoms with E-state index < -0.39 is 18.1 Å². The molecule has 1 aliphatic rings. The van der Waals surface area contributed by atoms with Gasteiger partial charge in [0.2, 0.25) is 0 Å². The van der Waals surface area contributed by atoms with E-state index in [-0.39, 0.29) is 24.5 Å². The van der Waals surface area contributed by atoms with Crippen molar-refractivity contribution in [1.29, 1.82) is 0 Å². The molecule has 0 spiro atoms. The summed E-state index contributed by atoms with van der Waals surface area (Å²) in [5, 5.41) is 21.9. The Morgan fingerprint density at radius 3 is 2.74 bits per heavy atom. The van der Waals surface area contributed by atoms with E-state index >= 15 is 0 Å². The SMILES string of the molecule is Cc1cc(-c2nc3cc(CN[C@H](C(=O)O)[C@@H](C)O)ccc3n2CC2CCCOC2)cn(C)c1=O.Cl. The molecule has 0 aliphatic carbocycles. The lowest BCUT2D eigenvalue weighted by atomic mass is 10.0. The number of aliphatic hydroxyl groups is 1. The molecule has 0 bridgehead atoms. The number of carboxylic acid groups (broad SMARTS) is 1. The van der Waals surface area contributed by atoms with Crippen LogP contribution in [0.1, 0.15) is 30.9 Å². The first-order chi connectivity index (χ1) is 16.2. The third kappa shape index (κ3) is 5.92. The topological polar surface area (TPSA) is 119 Å². The molecule has 35 heavy (non-hydrogen) atoms. The maximum atomic E-state index is 12.2. The standard InChI is InChI=1S/C25H32N4O5.ClH/c1-15-9-19(13-28(3)24(15)31)23-27-20-10-17(11-26-22(16(2)30)25(32)33)6-7-21(20)29(23)12-18-5-4-8-34-14-18;/h6-7,9-10,13,16,18,22,26,30H,4-5,8,11-12,14H2,1-3H3,(H,32,33);1H/t16-,18?,22+;/m1./s1. The zero-order valence-corrected chi connectivity index (χ0v) is 21.0. The summed E-state index contributed by atoms with van der Waals surface area (Å²) >= 11 is 0. The summed E-state index contributed by atoms with van der Waals surface area (Å²) in [6, 6.07) is 6.71. The first-order valence-corrected chi connectivity index (χ1v) is 11.6. The Morgan fingerprint density at radius 2 is 2.11 bits per heavy atom. The van der Waals surface area contributed by atoms with E-state index in [1.54, 1.807) is 18.5 Å². The molecule has 1 fully saturated rings. The molecule has 1 aliphatic heterocycles. The van der Waals surface area contributed by atoms with Crippen LogP contribution in [0.25, 0.3) is 22.4 Å². The lowest BCUT2D eigenvalue weighted by Gasteiger charge is -2.23. The zero-order valence-electron chi connectivity index (χ0n) is 20.2. The number of imidazole rings is 1. The Balaban J connectivity index is 0.00000342. The summed E-state index contributed by atoms with van der Waals surface area (Å²) in [6.07, 6.45) is 2.92. The van der Waals surface area contributed by atoms with Crippen molar-refractivity contribution in [2.24, 2.45) is 13.0 Å². The number of nitrogens with zero attached hydrogens (tertiary/aromatic N) is 3. The maximum Gasteiger partial charge on any atom is 0.323 e. The summed E-state index contributed by atoms with van der Waals surface area (Å²) < 4.78 is 9.47. The van der Waals surface area contributed by atoms with Crippen molar-refractivity contribution in [3.8, 4) is 11.4 Å². The van der Waals surface area contributed by atoms with Gasteiger partial charge in [0.05, 0.1) is 23.7 Å². The Morgan fingerprint density at radius 1 is 1.34 bits per heavy atom. The molecule has 2 aromatic heterocycles. The lowest BCUT2D eigenvalue weighted by molar-refractivity contribution is -0.142. The number of pyridine rings is 1. The number of carbonyl (C=O) groups is 1. The highest BCUT2D eigenvalue weighted by Gasteiger charge is 2.23. The Bertz CT molecular complexity index is 1220. The van der Waals surface area contributed by atoms with Gasteiger partial charge in [-0.05, 0) is 50.5 Å². The quantitative estimate of drug-likeness (QED) is 0.431. The fraction of sp³-hybridized carbons (Fsp3) is 0.480. The van der Waals surface area contributed by atoms with Gasteiger partial charge < -0.3 is 24.1 Å². The summed E-state index contributed by atoms with van der Waals surface area (Å²) in [4.78, 5) is 28.6. The molecule has 3 heterocycles. The van der Waals surface area contributed by atoms with Crippen LogP contribution in [0.3, 0.4) is 0 Å². The van der Waals surface area contributed by atoms with Crippen LogP contribution >= 0.6 is 12.4 Å². The average Bonchev–Trinajstić information content (AvgIpc) is 3.15. The Kier molecular flexibility index (Phi) is 8.71. The zero-order chi connectivity index (χ0) is 24.4. The minimum Gasteiger partial charge on any atom is -0.480 e. The molecular formula is C25H33ClN4O5. The number of hydrogen-bond acceptors (Lipinski definition) is 6. The van der Waals surface area contributed by atoms with Gasteiger partial charge in [-0.15, -0.1) is 12.4 Å². The fourth-order valence-electron chi connectivity index (χ4n) is 4.59. The second-order valence-electron chi connectivity index (χ2n) is 9.22. The van der Waals surface area contributed by atoms with Crippen LogP contribution in [-0.4, -0.2) is 55.7 Å². The number of fused-ring (bicyclic) bond motifs is 1. The van der Waals surface area contributed by atoms with E-state index in [0.717, 1.165) is 54.0 Å². The molecule has 190 valence electrons. The van der Waals surface area contributed by atoms with Crippen LogP contribution in [0.5, 0.6) is 0 Å². The monoisotopic (exact) mass is 504 g/mol. The minimum absolute atomic E-state index is 0. The lowest BCUT2D eigenvalue weighted by Crippen LogP contribution is -2.44. The van der Waals surface area contributed by atoms with Gasteiger partial charge in [0.15, 0.2) is 0 Å². The van der Waals surface area contributed by atoms with E-state index in [1.165, 1.54) is 6.92 Å². The number of hydrogen-bond donors (Lipinski definition) is 3. The van der Waals surface area contributed by atoms with Crippen molar-refractivity contribution in [2.45, 2.75) is 51.9 Å². The molecule has 3 N–H and O–H groups in total. The van der Waals surface area contributed by atoms with Crippen molar-refractivity contribution in [3.63, 3.8) is 0 Å². The van der Waals surface area contributed by atoms with Crippen LogP contribution in [0, 0.1) is 12.8 Å². The summed E-state index contributed by atoms with van der Waals surface area (Å²) in [6.45, 7) is 5.81. The third-order valence-electron chi connectivity index (χ3n) is 6.40. The first-order valence-electron chi connectivity index (χ1n) is 11.6. The van der Waals surface area contributed by atoms with Crippen LogP contribution in [0.2, 0.25) is 0 Å². The molecule has 1 unspecified atom stereocenters. The smallest absolute Gasteiger partial charge is 0.323 e. The van der Waals surface area contributed by atoms with Crippen molar-refractivity contribution >= 4 is 29.4 Å². The van der Waals surface area contributed by atoms with E-state index in [0.29, 0.717) is 18.1 Å². The highest BCUT2D eigenvalue weighted by molar-refractivity contribution is 5.85. The maximum absolute atomic E-state index is 12.2. The second kappa shape index (κ2) is 11.3. The molecule has 0 radical (unpaired) electrons. The fourth-order valence-corrected chi connectivity index (χ4v) is 4.59. The number of benzene rings is 1. The number of aliphatic carboxylic acids is 1. The van der Waals surface area contributed by atoms with Crippen LogP contribution < -0.4 is 10.9 Å². The van der Waals surface area contributed by atoms with Crippen molar-refractivity contribution < 1.29 is 19.7 Å². The van der Waals surface area contributed by atoms with Crippen molar-refractivity contribution in [3.05, 3.63) is 51.9 Å². The van der Waals surface area contributed by atoms with Gasteiger partial charge in [-0.2, -0.15) is 0 Å². The number of aryl methyl sites for hydroxylation is 2. The molecule has 0 saturated carbocycles. The molecule has 10 heteroatoms. The number of carboxylic acids is 1. The molecule has 1 aromatic carbocycles. The highest BCUT2D eigenvalue weighted by Crippen LogP contribution is 2.28. The number of nitrogens with one attached hydrogen (secondary N) is 1. The normalized spacial score (nSPS) is 17.7. The van der Waals surface area contributed by atoms with Gasteiger partial charge in [-0.25, -0.2) is 4.98 Å². The number of rotatable bonds is 8. The number of aromatic nitrogens is 3. The highest BCUT2D eigenvalue weighted by atomic mass is 35.5. The van der Waals surface area contributed by atoms with Gasteiger partial charge in [0, 0.05) is 50.0 Å². The van der Waals surface area contributed by atoms with Gasteiger partial charge in [-0.1, -0.05) is 6.07 Å². The van der Waals surface area contributed by atoms with Crippen molar-refractivity contribution in [2.75, 3.05) is 13.2 Å². The Labute approximate surface area is 210 Å². The van der Waals surface area contributed by atoms with Gasteiger partial charge in [0.25, 0.3) is 5.56 Å². The average molecular weight is 505 g/mol. The van der Waals surface area contributed by atoms with Gasteiger partial charge >= 0.3 is 5.97 Å². The van der Waals surface area contributed by atoms with E-state index in [9.17, 15) is 19.8 Å². The molecular weight excluding hydrogens is 472 g/mol. The van der Waals surface area contributed by atoms with Crippen LogP contribution in [-0.2, 0) is 29.7 Å². The molecule has 9 nitrogen and oxygen atoms in total. The van der Waals surface area contributed by atoms with Crippen molar-refractivity contribution in [1.82, 2.24) is 19.4 Å². The predicted molar refractivity (Wildman–Crippen MR) is 136 cm³/mol. The van der Waals surface area contributed by atoms with Crippen LogP contribution in [0.15, 0.2) is 35.3 Å². The summed E-state index contributed by atoms with van der Waals surface area (Å²) in [5.74, 6) is 0.0708. The summed E-state index contributed by atoms with van der Waals surface area (Å²) in [5.41, 5.74) is 4.12. The molecule has 0 amide bonds. The number of ether oxygens (including phenoxy) is 1. The first kappa shape index (κ1) is 26.9. The molecule has 3 aromatic rings. The minimum atomic E-state index is -1.09. The van der Waals surface area contributed by atoms with E-state index in [1.807, 2.05) is 30.5 Å². The van der Waals surface area contributed by atoms with E-state index in [4.69, 9.17) is 9.72 Å². The van der Waals surface area contributed by atoms with Gasteiger partial charge in [-0.3, -0.25) is 14.9 Å². The van der Waals surface area contributed by atoms with Crippen LogP contribution in [0.4, 0.5) is 0 Å². The number of halogens is 1. The summed E-state index contributed by atoms with van der Waals surface area (Å²) in [7, 11) is 1.74. The molecule has 1 saturated heterocycles. The predicted octanol–water partition coefficient (Wildman–Crippen LogP) is 2.48. The Hall–Kier alpha value is -2.72. The van der Waals surface area contributed by atoms with E-state index in [2.05, 4.69) is 9.88 Å². The second-order valence-corrected chi connectivity index (χ2v) is 9.22. The number of aliphatic hydroxyl groups excluding tert-OH is 1. The molecule has 4 rings (SSSR count). The van der Waals surface area contributed by atoms with Gasteiger partial charge in [0.1, 0.15) is 11.9 Å². The third-order valence-corrected chi connectivity index (χ3v) is 6.40.